The molecule has 5 atom stereocenters. The number of ether oxygens (including phenoxy) is 2. The smallest absolute Gasteiger partial charge is 0.306 e. The number of terminal acetylenes is 1. The second kappa shape index (κ2) is 20.0. The second-order valence-electron chi connectivity index (χ2n) is 11.3. The number of carbonyl (C=O) groups is 5. The largest absolute Gasteiger partial charge is 0.466 e. The monoisotopic (exact) mass is 664 g/mol. The summed E-state index contributed by atoms with van der Waals surface area (Å²) in [6.07, 6.45) is 6.29. The van der Waals surface area contributed by atoms with Gasteiger partial charge in [-0.2, -0.15) is 12.6 Å². The molecule has 0 aliphatic carbocycles. The van der Waals surface area contributed by atoms with Gasteiger partial charge < -0.3 is 30.7 Å². The van der Waals surface area contributed by atoms with Crippen LogP contribution in [0.15, 0.2) is 60.7 Å². The first-order valence-electron chi connectivity index (χ1n) is 15.8. The van der Waals surface area contributed by atoms with Crippen molar-refractivity contribution in [3.63, 3.8) is 0 Å². The molecule has 0 unspecified atom stereocenters. The zero-order valence-corrected chi connectivity index (χ0v) is 27.5. The van der Waals surface area contributed by atoms with Crippen molar-refractivity contribution >= 4 is 42.2 Å². The summed E-state index contributed by atoms with van der Waals surface area (Å²) in [5.41, 5.74) is 1.61. The number of thiol groups is 1. The molecular formula is C35H44N4O7S. The number of amides is 4. The minimum Gasteiger partial charge on any atom is -0.466 e. The van der Waals surface area contributed by atoms with Crippen LogP contribution in [0, 0.1) is 18.3 Å². The molecule has 1 aliphatic rings. The highest BCUT2D eigenvalue weighted by Crippen LogP contribution is 2.22. The molecule has 2 aromatic rings. The zero-order valence-electron chi connectivity index (χ0n) is 26.6. The Morgan fingerprint density at radius 3 is 2.11 bits per heavy atom. The third-order valence-electron chi connectivity index (χ3n) is 7.68. The minimum atomic E-state index is -1.05. The van der Waals surface area contributed by atoms with Crippen molar-refractivity contribution in [2.45, 2.75) is 68.8 Å². The summed E-state index contributed by atoms with van der Waals surface area (Å²) in [5.74, 6) is -0.0981. The molecule has 47 heavy (non-hydrogen) atoms. The van der Waals surface area contributed by atoms with Crippen LogP contribution in [0.2, 0.25) is 0 Å². The number of esters is 1. The van der Waals surface area contributed by atoms with Crippen LogP contribution in [-0.4, -0.2) is 79.3 Å². The molecule has 252 valence electrons. The fourth-order valence-electron chi connectivity index (χ4n) is 5.26. The summed E-state index contributed by atoms with van der Waals surface area (Å²) in [5, 5.41) is 10.7. The molecule has 1 fully saturated rings. The Kier molecular flexibility index (Phi) is 15.8. The lowest BCUT2D eigenvalue weighted by atomic mass is 9.94. The highest BCUT2D eigenvalue weighted by molar-refractivity contribution is 7.81. The summed E-state index contributed by atoms with van der Waals surface area (Å²) < 4.78 is 10.3. The van der Waals surface area contributed by atoms with Gasteiger partial charge in [-0.25, -0.2) is 0 Å². The van der Waals surface area contributed by atoms with Gasteiger partial charge in [-0.15, -0.1) is 6.42 Å². The Labute approximate surface area is 281 Å². The molecule has 1 saturated heterocycles. The molecular weight excluding hydrogens is 620 g/mol. The van der Waals surface area contributed by atoms with E-state index in [1.54, 1.807) is 6.92 Å². The van der Waals surface area contributed by atoms with Crippen molar-refractivity contribution in [1.29, 1.82) is 0 Å². The van der Waals surface area contributed by atoms with Crippen molar-refractivity contribution in [2.24, 2.45) is 5.92 Å². The van der Waals surface area contributed by atoms with E-state index < -0.39 is 47.1 Å². The van der Waals surface area contributed by atoms with Crippen LogP contribution in [0.3, 0.4) is 0 Å². The van der Waals surface area contributed by atoms with Crippen molar-refractivity contribution < 1.29 is 33.4 Å². The lowest BCUT2D eigenvalue weighted by Gasteiger charge is -2.29. The molecule has 0 spiro atoms. The molecule has 3 rings (SSSR count). The van der Waals surface area contributed by atoms with Crippen LogP contribution < -0.4 is 21.3 Å². The van der Waals surface area contributed by atoms with E-state index in [1.807, 2.05) is 60.7 Å². The van der Waals surface area contributed by atoms with Crippen LogP contribution in [0.25, 0.3) is 0 Å². The van der Waals surface area contributed by atoms with Crippen LogP contribution >= 0.6 is 12.6 Å². The predicted molar refractivity (Wildman–Crippen MR) is 180 cm³/mol. The van der Waals surface area contributed by atoms with Gasteiger partial charge in [0.15, 0.2) is 0 Å². The zero-order chi connectivity index (χ0) is 34.0. The molecule has 4 N–H and O–H groups in total. The number of carbonyl (C=O) groups excluding carboxylic acids is 5. The van der Waals surface area contributed by atoms with Crippen LogP contribution in [0.5, 0.6) is 0 Å². The van der Waals surface area contributed by atoms with Gasteiger partial charge >= 0.3 is 5.97 Å². The Bertz CT molecular complexity index is 1370. The molecule has 0 bridgehead atoms. The summed E-state index contributed by atoms with van der Waals surface area (Å²) in [6.45, 7) is 2.58. The quantitative estimate of drug-likeness (QED) is 0.0665. The van der Waals surface area contributed by atoms with Crippen molar-refractivity contribution in [2.75, 3.05) is 26.4 Å². The maximum atomic E-state index is 14.0. The fraction of sp³-hybridized carbons (Fsp3) is 0.457. The average molecular weight is 665 g/mol. The van der Waals surface area contributed by atoms with Gasteiger partial charge in [0.25, 0.3) is 0 Å². The molecule has 0 saturated carbocycles. The van der Waals surface area contributed by atoms with Crippen LogP contribution in [0.1, 0.15) is 43.7 Å². The molecule has 4 amide bonds. The van der Waals surface area contributed by atoms with E-state index in [1.165, 1.54) is 0 Å². The Morgan fingerprint density at radius 1 is 0.957 bits per heavy atom. The summed E-state index contributed by atoms with van der Waals surface area (Å²) in [7, 11) is 0. The lowest BCUT2D eigenvalue weighted by molar-refractivity contribution is -0.143. The standard InChI is InChI=1S/C35H44N4O7S/c1-3-18-45-19-16-31(40)37-28(20-24-11-7-5-8-12-24)34(43)39-29(21-25-13-9-6-10-14-25)35(44)38-27(22-26-15-17-36-33(26)42)30(47)23-32(41)46-4-2/h1,5-14,26-30,47H,4,15-23H2,2H3,(H,36,42)(H,37,40)(H,38,44)(H,39,43)/t26-,27-,28+,29-,30-/m0/s1. The van der Waals surface area contributed by atoms with E-state index in [-0.39, 0.29) is 63.7 Å². The van der Waals surface area contributed by atoms with Crippen molar-refractivity contribution in [3.8, 4) is 12.3 Å². The van der Waals surface area contributed by atoms with E-state index in [2.05, 4.69) is 39.8 Å². The predicted octanol–water partition coefficient (Wildman–Crippen LogP) is 1.74. The first-order chi connectivity index (χ1) is 22.7. The topological polar surface area (TPSA) is 152 Å². The Morgan fingerprint density at radius 2 is 1.55 bits per heavy atom. The molecule has 11 nitrogen and oxygen atoms in total. The third-order valence-corrected chi connectivity index (χ3v) is 8.23. The average Bonchev–Trinajstić information content (AvgIpc) is 3.46. The number of hydrogen-bond acceptors (Lipinski definition) is 8. The molecule has 12 heteroatoms. The highest BCUT2D eigenvalue weighted by atomic mass is 32.1. The van der Waals surface area contributed by atoms with Crippen LogP contribution in [-0.2, 0) is 46.3 Å². The van der Waals surface area contributed by atoms with E-state index in [4.69, 9.17) is 15.9 Å². The summed E-state index contributed by atoms with van der Waals surface area (Å²) in [4.78, 5) is 65.3. The Hall–Kier alpha value is -4.34. The molecule has 0 aromatic heterocycles. The lowest BCUT2D eigenvalue weighted by Crippen LogP contribution is -2.57. The van der Waals surface area contributed by atoms with E-state index in [0.717, 1.165) is 11.1 Å². The minimum absolute atomic E-state index is 0.00555. The number of hydrogen-bond donors (Lipinski definition) is 5. The van der Waals surface area contributed by atoms with Gasteiger partial charge in [0, 0.05) is 36.6 Å². The molecule has 1 aliphatic heterocycles. The van der Waals surface area contributed by atoms with Gasteiger partial charge in [0.05, 0.1) is 26.1 Å². The first kappa shape index (κ1) is 37.1. The van der Waals surface area contributed by atoms with Gasteiger partial charge in [0.1, 0.15) is 18.7 Å². The first-order valence-corrected chi connectivity index (χ1v) is 16.3. The molecule has 1 heterocycles. The van der Waals surface area contributed by atoms with Crippen molar-refractivity contribution in [3.05, 3.63) is 71.8 Å². The van der Waals surface area contributed by atoms with Crippen LogP contribution in [0.4, 0.5) is 0 Å². The van der Waals surface area contributed by atoms with Gasteiger partial charge in [-0.3, -0.25) is 24.0 Å². The molecule has 0 radical (unpaired) electrons. The normalized spacial score (nSPS) is 16.4. The second-order valence-corrected chi connectivity index (χ2v) is 11.9. The highest BCUT2D eigenvalue weighted by Gasteiger charge is 2.34. The van der Waals surface area contributed by atoms with Gasteiger partial charge in [-0.05, 0) is 30.9 Å². The number of rotatable bonds is 19. The number of benzene rings is 2. The third kappa shape index (κ3) is 13.1. The number of nitrogens with one attached hydrogen (secondary N) is 4. The summed E-state index contributed by atoms with van der Waals surface area (Å²) >= 11 is 4.64. The van der Waals surface area contributed by atoms with Gasteiger partial charge in [0.2, 0.25) is 23.6 Å². The van der Waals surface area contributed by atoms with Crippen molar-refractivity contribution in [1.82, 2.24) is 21.3 Å². The SMILES string of the molecule is C#CCOCCC(=O)N[C@H](Cc1ccccc1)C(=O)N[C@@H](Cc1ccccc1)C(=O)N[C@@H](C[C@@H]1CCNC1=O)[C@@H](S)CC(=O)OCC. The fourth-order valence-corrected chi connectivity index (χ4v) is 5.60. The summed E-state index contributed by atoms with van der Waals surface area (Å²) in [6, 6.07) is 15.7. The van der Waals surface area contributed by atoms with E-state index in [9.17, 15) is 24.0 Å². The molecule has 2 aromatic carbocycles. The maximum Gasteiger partial charge on any atom is 0.306 e. The van der Waals surface area contributed by atoms with E-state index >= 15 is 0 Å². The Balaban J connectivity index is 1.83. The maximum absolute atomic E-state index is 14.0. The van der Waals surface area contributed by atoms with Gasteiger partial charge in [-0.1, -0.05) is 66.6 Å². The van der Waals surface area contributed by atoms with E-state index in [0.29, 0.717) is 13.0 Å².